The molecule has 2 heteroatoms. The number of hydrogen-bond donors (Lipinski definition) is 1. The van der Waals surface area contributed by atoms with Crippen LogP contribution in [-0.2, 0) is 0 Å². The van der Waals surface area contributed by atoms with Gasteiger partial charge in [0.05, 0.1) is 0 Å². The summed E-state index contributed by atoms with van der Waals surface area (Å²) in [6.45, 7) is 8.80. The topological polar surface area (TPSA) is 24.9 Å². The van der Waals surface area contributed by atoms with Gasteiger partial charge in [0.1, 0.15) is 0 Å². The molecule has 0 aliphatic carbocycles. The van der Waals surface area contributed by atoms with Crippen LogP contribution >= 0.6 is 0 Å². The molecule has 2 nitrogen and oxygen atoms in total. The third kappa shape index (κ3) is 2.72. The molecule has 1 aromatic rings. The van der Waals surface area contributed by atoms with Crippen LogP contribution in [0.2, 0.25) is 0 Å². The van der Waals surface area contributed by atoms with Crippen LogP contribution in [0.5, 0.6) is 0 Å². The zero-order valence-corrected chi connectivity index (χ0v) is 9.54. The maximum absolute atomic E-state index is 4.08. The van der Waals surface area contributed by atoms with Crippen molar-refractivity contribution in [3.8, 4) is 0 Å². The number of aromatic nitrogens is 1. The standard InChI is InChI=1S/C12H20N2/c1-5-11(9(2)3)14-12-6-7-13-8-10(12)4/h6-9,11H,5H2,1-4H3,(H,13,14). The summed E-state index contributed by atoms with van der Waals surface area (Å²) in [5, 5.41) is 3.56. The van der Waals surface area contributed by atoms with Crippen molar-refractivity contribution in [2.24, 2.45) is 5.92 Å². The second-order valence-corrected chi connectivity index (χ2v) is 4.09. The quantitative estimate of drug-likeness (QED) is 0.792. The molecule has 0 amide bonds. The summed E-state index contributed by atoms with van der Waals surface area (Å²) in [4.78, 5) is 4.08. The number of pyridine rings is 1. The molecule has 1 atom stereocenters. The van der Waals surface area contributed by atoms with Gasteiger partial charge in [-0.3, -0.25) is 4.98 Å². The monoisotopic (exact) mass is 192 g/mol. The van der Waals surface area contributed by atoms with Gasteiger partial charge in [0.25, 0.3) is 0 Å². The van der Waals surface area contributed by atoms with Crippen LogP contribution in [0.15, 0.2) is 18.5 Å². The first-order valence-corrected chi connectivity index (χ1v) is 5.32. The lowest BCUT2D eigenvalue weighted by Crippen LogP contribution is -2.24. The number of nitrogens with zero attached hydrogens (tertiary/aromatic N) is 1. The molecule has 1 heterocycles. The fourth-order valence-corrected chi connectivity index (χ4v) is 1.58. The molecular weight excluding hydrogens is 172 g/mol. The summed E-state index contributed by atoms with van der Waals surface area (Å²) in [6, 6.07) is 2.59. The Kier molecular flexibility index (Phi) is 3.93. The third-order valence-electron chi connectivity index (χ3n) is 2.61. The van der Waals surface area contributed by atoms with Gasteiger partial charge in [-0.1, -0.05) is 20.8 Å². The zero-order valence-electron chi connectivity index (χ0n) is 9.54. The van der Waals surface area contributed by atoms with Crippen LogP contribution in [0.1, 0.15) is 32.8 Å². The summed E-state index contributed by atoms with van der Waals surface area (Å²) >= 11 is 0. The Morgan fingerprint density at radius 3 is 2.64 bits per heavy atom. The van der Waals surface area contributed by atoms with Crippen molar-refractivity contribution in [1.29, 1.82) is 0 Å². The zero-order chi connectivity index (χ0) is 10.6. The maximum atomic E-state index is 4.08. The van der Waals surface area contributed by atoms with E-state index in [4.69, 9.17) is 0 Å². The van der Waals surface area contributed by atoms with Crippen molar-refractivity contribution in [1.82, 2.24) is 4.98 Å². The van der Waals surface area contributed by atoms with Crippen molar-refractivity contribution >= 4 is 5.69 Å². The Morgan fingerprint density at radius 1 is 1.43 bits per heavy atom. The fourth-order valence-electron chi connectivity index (χ4n) is 1.58. The first kappa shape index (κ1) is 11.0. The number of anilines is 1. The molecule has 0 aliphatic heterocycles. The lowest BCUT2D eigenvalue weighted by atomic mass is 10.0. The summed E-state index contributed by atoms with van der Waals surface area (Å²) in [5.41, 5.74) is 2.42. The van der Waals surface area contributed by atoms with Gasteiger partial charge in [-0.05, 0) is 30.9 Å². The number of hydrogen-bond acceptors (Lipinski definition) is 2. The van der Waals surface area contributed by atoms with Gasteiger partial charge in [0.2, 0.25) is 0 Å². The van der Waals surface area contributed by atoms with Crippen LogP contribution in [0.3, 0.4) is 0 Å². The van der Waals surface area contributed by atoms with Gasteiger partial charge in [0, 0.05) is 24.1 Å². The molecule has 0 aromatic carbocycles. The van der Waals surface area contributed by atoms with E-state index in [-0.39, 0.29) is 0 Å². The van der Waals surface area contributed by atoms with Crippen LogP contribution in [-0.4, -0.2) is 11.0 Å². The summed E-state index contributed by atoms with van der Waals surface area (Å²) in [5.74, 6) is 0.660. The Balaban J connectivity index is 2.72. The first-order chi connectivity index (χ1) is 6.65. The average Bonchev–Trinajstić information content (AvgIpc) is 2.16. The predicted octanol–water partition coefficient (Wildman–Crippen LogP) is 3.24. The normalized spacial score (nSPS) is 12.9. The molecular formula is C12H20N2. The summed E-state index contributed by atoms with van der Waals surface area (Å²) < 4.78 is 0. The molecule has 1 aromatic heterocycles. The van der Waals surface area contributed by atoms with E-state index in [1.807, 2.05) is 18.5 Å². The van der Waals surface area contributed by atoms with E-state index in [9.17, 15) is 0 Å². The molecule has 0 saturated carbocycles. The van der Waals surface area contributed by atoms with Crippen molar-refractivity contribution in [2.45, 2.75) is 40.2 Å². The Morgan fingerprint density at radius 2 is 2.14 bits per heavy atom. The second-order valence-electron chi connectivity index (χ2n) is 4.09. The van der Waals surface area contributed by atoms with Gasteiger partial charge < -0.3 is 5.32 Å². The van der Waals surface area contributed by atoms with Crippen molar-refractivity contribution in [2.75, 3.05) is 5.32 Å². The first-order valence-electron chi connectivity index (χ1n) is 5.32. The van der Waals surface area contributed by atoms with Crippen molar-refractivity contribution in [3.63, 3.8) is 0 Å². The van der Waals surface area contributed by atoms with E-state index in [0.717, 1.165) is 6.42 Å². The van der Waals surface area contributed by atoms with Gasteiger partial charge in [-0.2, -0.15) is 0 Å². The van der Waals surface area contributed by atoms with Crippen LogP contribution in [0, 0.1) is 12.8 Å². The minimum Gasteiger partial charge on any atom is -0.382 e. The molecule has 0 bridgehead atoms. The van der Waals surface area contributed by atoms with E-state index in [1.54, 1.807) is 0 Å². The molecule has 0 fully saturated rings. The molecule has 14 heavy (non-hydrogen) atoms. The molecule has 78 valence electrons. The Bertz CT molecular complexity index is 281. The number of nitrogens with one attached hydrogen (secondary N) is 1. The maximum Gasteiger partial charge on any atom is 0.0403 e. The highest BCUT2D eigenvalue weighted by Crippen LogP contribution is 2.17. The highest BCUT2D eigenvalue weighted by molar-refractivity contribution is 5.49. The molecule has 0 spiro atoms. The van der Waals surface area contributed by atoms with Gasteiger partial charge >= 0.3 is 0 Å². The Hall–Kier alpha value is -1.05. The van der Waals surface area contributed by atoms with Crippen molar-refractivity contribution in [3.05, 3.63) is 24.0 Å². The molecule has 1 unspecified atom stereocenters. The average molecular weight is 192 g/mol. The smallest absolute Gasteiger partial charge is 0.0403 e. The van der Waals surface area contributed by atoms with E-state index in [1.165, 1.54) is 11.3 Å². The van der Waals surface area contributed by atoms with Crippen molar-refractivity contribution < 1.29 is 0 Å². The fraction of sp³-hybridized carbons (Fsp3) is 0.583. The van der Waals surface area contributed by atoms with Crippen LogP contribution in [0.25, 0.3) is 0 Å². The molecule has 0 saturated heterocycles. The summed E-state index contributed by atoms with van der Waals surface area (Å²) in [6.07, 6.45) is 4.89. The van der Waals surface area contributed by atoms with Gasteiger partial charge in [-0.25, -0.2) is 0 Å². The lowest BCUT2D eigenvalue weighted by Gasteiger charge is -2.22. The highest BCUT2D eigenvalue weighted by atomic mass is 14.9. The third-order valence-corrected chi connectivity index (χ3v) is 2.61. The number of aryl methyl sites for hydroxylation is 1. The van der Waals surface area contributed by atoms with E-state index in [0.29, 0.717) is 12.0 Å². The summed E-state index contributed by atoms with van der Waals surface area (Å²) in [7, 11) is 0. The molecule has 1 rings (SSSR count). The van der Waals surface area contributed by atoms with E-state index < -0.39 is 0 Å². The predicted molar refractivity (Wildman–Crippen MR) is 61.5 cm³/mol. The Labute approximate surface area is 86.8 Å². The SMILES string of the molecule is CCC(Nc1ccncc1C)C(C)C. The molecule has 0 aliphatic rings. The molecule has 1 N–H and O–H groups in total. The second kappa shape index (κ2) is 4.99. The minimum absolute atomic E-state index is 0.552. The van der Waals surface area contributed by atoms with Gasteiger partial charge in [-0.15, -0.1) is 0 Å². The minimum atomic E-state index is 0.552. The molecule has 0 radical (unpaired) electrons. The van der Waals surface area contributed by atoms with Crippen LogP contribution < -0.4 is 5.32 Å². The highest BCUT2D eigenvalue weighted by Gasteiger charge is 2.10. The van der Waals surface area contributed by atoms with Gasteiger partial charge in [0.15, 0.2) is 0 Å². The van der Waals surface area contributed by atoms with E-state index in [2.05, 4.69) is 38.0 Å². The van der Waals surface area contributed by atoms with Crippen LogP contribution in [0.4, 0.5) is 5.69 Å². The van der Waals surface area contributed by atoms with E-state index >= 15 is 0 Å². The lowest BCUT2D eigenvalue weighted by molar-refractivity contribution is 0.511. The number of rotatable bonds is 4. The largest absolute Gasteiger partial charge is 0.382 e.